The molecule has 0 heterocycles. The van der Waals surface area contributed by atoms with E-state index in [1.165, 1.54) is 6.92 Å². The van der Waals surface area contributed by atoms with E-state index in [0.717, 1.165) is 5.56 Å². The molecule has 1 aromatic rings. The second-order valence-corrected chi connectivity index (χ2v) is 3.32. The lowest BCUT2D eigenvalue weighted by atomic mass is 10.2. The number of benzene rings is 1. The number of rotatable bonds is 4. The highest BCUT2D eigenvalue weighted by Gasteiger charge is 2.02. The SMILES string of the molecule is COc1ccc(CONC(C)=O)cc1Cl. The largest absolute Gasteiger partial charge is 0.495 e. The standard InChI is InChI=1S/C10H12ClNO3/c1-7(13)12-15-6-8-3-4-10(14-2)9(11)5-8/h3-5H,6H2,1-2H3,(H,12,13). The maximum Gasteiger partial charge on any atom is 0.240 e. The summed E-state index contributed by atoms with van der Waals surface area (Å²) in [6.45, 7) is 1.64. The van der Waals surface area contributed by atoms with Crippen LogP contribution >= 0.6 is 11.6 Å². The van der Waals surface area contributed by atoms with Crippen molar-refractivity contribution < 1.29 is 14.4 Å². The molecule has 5 heteroatoms. The molecular formula is C10H12ClNO3. The third-order valence-electron chi connectivity index (χ3n) is 1.67. The minimum atomic E-state index is -0.241. The van der Waals surface area contributed by atoms with E-state index in [9.17, 15) is 4.79 Å². The highest BCUT2D eigenvalue weighted by atomic mass is 35.5. The Kier molecular flexibility index (Phi) is 4.39. The summed E-state index contributed by atoms with van der Waals surface area (Å²) in [5.74, 6) is 0.370. The van der Waals surface area contributed by atoms with Crippen molar-refractivity contribution in [3.8, 4) is 5.75 Å². The average molecular weight is 230 g/mol. The van der Waals surface area contributed by atoms with Crippen LogP contribution in [0.4, 0.5) is 0 Å². The number of carbonyl (C=O) groups excluding carboxylic acids is 1. The Labute approximate surface area is 93.1 Å². The van der Waals surface area contributed by atoms with Gasteiger partial charge in [-0.3, -0.25) is 9.63 Å². The Morgan fingerprint density at radius 2 is 2.27 bits per heavy atom. The Balaban J connectivity index is 2.55. The van der Waals surface area contributed by atoms with Gasteiger partial charge in [-0.2, -0.15) is 0 Å². The monoisotopic (exact) mass is 229 g/mol. The number of nitrogens with one attached hydrogen (secondary N) is 1. The molecule has 1 N–H and O–H groups in total. The van der Waals surface area contributed by atoms with Gasteiger partial charge < -0.3 is 4.74 Å². The first-order chi connectivity index (χ1) is 7.13. The minimum Gasteiger partial charge on any atom is -0.495 e. The number of amides is 1. The molecule has 0 saturated carbocycles. The van der Waals surface area contributed by atoms with Gasteiger partial charge in [0.25, 0.3) is 0 Å². The van der Waals surface area contributed by atoms with Crippen molar-refractivity contribution in [3.63, 3.8) is 0 Å². The zero-order valence-electron chi connectivity index (χ0n) is 8.54. The smallest absolute Gasteiger partial charge is 0.240 e. The molecule has 0 spiro atoms. The molecular weight excluding hydrogens is 218 g/mol. The van der Waals surface area contributed by atoms with E-state index in [0.29, 0.717) is 10.8 Å². The van der Waals surface area contributed by atoms with Crippen LogP contribution in [0.3, 0.4) is 0 Å². The minimum absolute atomic E-state index is 0.241. The number of hydrogen-bond donors (Lipinski definition) is 1. The molecule has 0 aliphatic heterocycles. The fourth-order valence-corrected chi connectivity index (χ4v) is 1.30. The molecule has 4 nitrogen and oxygen atoms in total. The van der Waals surface area contributed by atoms with Gasteiger partial charge in [-0.15, -0.1) is 0 Å². The van der Waals surface area contributed by atoms with Gasteiger partial charge >= 0.3 is 0 Å². The van der Waals surface area contributed by atoms with Gasteiger partial charge in [0.05, 0.1) is 18.7 Å². The quantitative estimate of drug-likeness (QED) is 0.803. The predicted octanol–water partition coefficient (Wildman–Crippen LogP) is 1.92. The third-order valence-corrected chi connectivity index (χ3v) is 1.97. The molecule has 0 aliphatic rings. The van der Waals surface area contributed by atoms with Crippen LogP contribution in [0, 0.1) is 0 Å². The van der Waals surface area contributed by atoms with Crippen molar-refractivity contribution in [1.82, 2.24) is 5.48 Å². The third kappa shape index (κ3) is 3.77. The molecule has 0 saturated heterocycles. The van der Waals surface area contributed by atoms with E-state index >= 15 is 0 Å². The van der Waals surface area contributed by atoms with Crippen LogP contribution < -0.4 is 10.2 Å². The number of ether oxygens (including phenoxy) is 1. The molecule has 15 heavy (non-hydrogen) atoms. The molecule has 0 aliphatic carbocycles. The van der Waals surface area contributed by atoms with Crippen LogP contribution in [0.1, 0.15) is 12.5 Å². The van der Waals surface area contributed by atoms with Crippen molar-refractivity contribution in [2.45, 2.75) is 13.5 Å². The number of halogens is 1. The Hall–Kier alpha value is -1.26. The van der Waals surface area contributed by atoms with Crippen molar-refractivity contribution >= 4 is 17.5 Å². The lowest BCUT2D eigenvalue weighted by Gasteiger charge is -2.06. The first-order valence-electron chi connectivity index (χ1n) is 4.34. The van der Waals surface area contributed by atoms with Gasteiger partial charge in [0.1, 0.15) is 5.75 Å². The van der Waals surface area contributed by atoms with Crippen LogP contribution in [0.25, 0.3) is 0 Å². The van der Waals surface area contributed by atoms with E-state index in [4.69, 9.17) is 21.2 Å². The molecule has 0 atom stereocenters. The summed E-state index contributed by atoms with van der Waals surface area (Å²) >= 11 is 5.90. The second-order valence-electron chi connectivity index (χ2n) is 2.92. The average Bonchev–Trinajstić information content (AvgIpc) is 2.17. The first-order valence-corrected chi connectivity index (χ1v) is 4.72. The van der Waals surface area contributed by atoms with Crippen molar-refractivity contribution in [3.05, 3.63) is 28.8 Å². The van der Waals surface area contributed by atoms with Gasteiger partial charge in [-0.05, 0) is 17.7 Å². The maximum atomic E-state index is 10.5. The van der Waals surface area contributed by atoms with Gasteiger partial charge in [-0.1, -0.05) is 17.7 Å². The first kappa shape index (κ1) is 11.8. The summed E-state index contributed by atoms with van der Waals surface area (Å²) in [6, 6.07) is 5.28. The lowest BCUT2D eigenvalue weighted by molar-refractivity contribution is -0.132. The van der Waals surface area contributed by atoms with E-state index in [2.05, 4.69) is 5.48 Å². The van der Waals surface area contributed by atoms with Crippen LogP contribution in [-0.4, -0.2) is 13.0 Å². The molecule has 1 rings (SSSR count). The molecule has 82 valence electrons. The maximum absolute atomic E-state index is 10.5. The zero-order valence-corrected chi connectivity index (χ0v) is 9.30. The molecule has 1 amide bonds. The summed E-state index contributed by atoms with van der Waals surface area (Å²) in [4.78, 5) is 15.4. The van der Waals surface area contributed by atoms with Crippen LogP contribution in [-0.2, 0) is 16.2 Å². The van der Waals surface area contributed by atoms with E-state index in [1.807, 2.05) is 6.07 Å². The molecule has 1 aromatic carbocycles. The Morgan fingerprint density at radius 3 is 2.80 bits per heavy atom. The summed E-state index contributed by atoms with van der Waals surface area (Å²) < 4.78 is 5.00. The Morgan fingerprint density at radius 1 is 1.53 bits per heavy atom. The summed E-state index contributed by atoms with van der Waals surface area (Å²) in [6.07, 6.45) is 0. The van der Waals surface area contributed by atoms with E-state index in [-0.39, 0.29) is 12.5 Å². The summed E-state index contributed by atoms with van der Waals surface area (Å²) in [5.41, 5.74) is 3.08. The fourth-order valence-electron chi connectivity index (χ4n) is 1.02. The zero-order chi connectivity index (χ0) is 11.3. The molecule has 0 radical (unpaired) electrons. The van der Waals surface area contributed by atoms with Gasteiger partial charge in [0.15, 0.2) is 0 Å². The van der Waals surface area contributed by atoms with E-state index < -0.39 is 0 Å². The second kappa shape index (κ2) is 5.58. The summed E-state index contributed by atoms with van der Waals surface area (Å²) in [5, 5.41) is 0.515. The molecule has 0 aromatic heterocycles. The van der Waals surface area contributed by atoms with Crippen molar-refractivity contribution in [2.24, 2.45) is 0 Å². The van der Waals surface area contributed by atoms with Gasteiger partial charge in [-0.25, -0.2) is 5.48 Å². The number of methoxy groups -OCH3 is 1. The predicted molar refractivity (Wildman–Crippen MR) is 56.6 cm³/mol. The topological polar surface area (TPSA) is 47.6 Å². The highest BCUT2D eigenvalue weighted by molar-refractivity contribution is 6.32. The van der Waals surface area contributed by atoms with Gasteiger partial charge in [0, 0.05) is 6.92 Å². The van der Waals surface area contributed by atoms with Gasteiger partial charge in [0.2, 0.25) is 5.91 Å². The lowest BCUT2D eigenvalue weighted by Crippen LogP contribution is -2.19. The summed E-state index contributed by atoms with van der Waals surface area (Å²) in [7, 11) is 1.55. The van der Waals surface area contributed by atoms with Crippen LogP contribution in [0.15, 0.2) is 18.2 Å². The number of carbonyl (C=O) groups is 1. The van der Waals surface area contributed by atoms with Crippen LogP contribution in [0.5, 0.6) is 5.75 Å². The number of hydroxylamine groups is 1. The normalized spacial score (nSPS) is 9.80. The van der Waals surface area contributed by atoms with E-state index in [1.54, 1.807) is 19.2 Å². The van der Waals surface area contributed by atoms with Crippen molar-refractivity contribution in [1.29, 1.82) is 0 Å². The number of hydrogen-bond acceptors (Lipinski definition) is 3. The molecule has 0 fully saturated rings. The van der Waals surface area contributed by atoms with Crippen molar-refractivity contribution in [2.75, 3.05) is 7.11 Å². The molecule has 0 bridgehead atoms. The Bertz CT molecular complexity index is 355. The van der Waals surface area contributed by atoms with Crippen LogP contribution in [0.2, 0.25) is 5.02 Å². The fraction of sp³-hybridized carbons (Fsp3) is 0.300. The molecule has 0 unspecified atom stereocenters. The highest BCUT2D eigenvalue weighted by Crippen LogP contribution is 2.24.